The van der Waals surface area contributed by atoms with Crippen molar-refractivity contribution in [3.05, 3.63) is 29.3 Å². The summed E-state index contributed by atoms with van der Waals surface area (Å²) >= 11 is 0. The van der Waals surface area contributed by atoms with Crippen LogP contribution in [0.5, 0.6) is 11.5 Å². The van der Waals surface area contributed by atoms with Crippen molar-refractivity contribution < 1.29 is 19.4 Å². The molecule has 0 bridgehead atoms. The van der Waals surface area contributed by atoms with Gasteiger partial charge >= 0.3 is 5.97 Å². The summed E-state index contributed by atoms with van der Waals surface area (Å²) in [6.45, 7) is 4.10. The Labute approximate surface area is 107 Å². The van der Waals surface area contributed by atoms with Crippen LogP contribution in [0, 0.1) is 0 Å². The molecule has 1 aromatic rings. The fourth-order valence-corrected chi connectivity index (χ4v) is 1.79. The van der Waals surface area contributed by atoms with E-state index in [1.165, 1.54) is 6.08 Å². The Bertz CT molecular complexity index is 436. The summed E-state index contributed by atoms with van der Waals surface area (Å²) in [4.78, 5) is 10.5. The van der Waals surface area contributed by atoms with Gasteiger partial charge < -0.3 is 14.6 Å². The monoisotopic (exact) mass is 250 g/mol. The molecule has 0 aliphatic rings. The van der Waals surface area contributed by atoms with Crippen LogP contribution in [0.3, 0.4) is 0 Å². The minimum absolute atomic E-state index is 0.257. The Hall–Kier alpha value is -1.97. The van der Waals surface area contributed by atoms with E-state index < -0.39 is 5.97 Å². The molecule has 0 aliphatic heterocycles. The van der Waals surface area contributed by atoms with Crippen LogP contribution in [0.25, 0.3) is 6.08 Å². The molecular formula is C14H18O4. The van der Waals surface area contributed by atoms with E-state index in [0.717, 1.165) is 17.2 Å². The van der Waals surface area contributed by atoms with Crippen LogP contribution < -0.4 is 9.47 Å². The van der Waals surface area contributed by atoms with Gasteiger partial charge in [0.05, 0.1) is 14.2 Å². The molecule has 0 unspecified atom stereocenters. The average molecular weight is 250 g/mol. The number of benzene rings is 1. The summed E-state index contributed by atoms with van der Waals surface area (Å²) in [6.07, 6.45) is 2.60. The fraction of sp³-hybridized carbons (Fsp3) is 0.357. The molecule has 1 aromatic carbocycles. The number of ether oxygens (including phenoxy) is 2. The van der Waals surface area contributed by atoms with Gasteiger partial charge in [0.2, 0.25) is 0 Å². The highest BCUT2D eigenvalue weighted by Gasteiger charge is 2.14. The number of carboxylic acid groups (broad SMARTS) is 1. The normalized spacial score (nSPS) is 10.9. The first-order chi connectivity index (χ1) is 8.49. The highest BCUT2D eigenvalue weighted by Crippen LogP contribution is 2.36. The SMILES string of the molecule is COc1cc(C=CC(=O)O)cc(OC)c1C(C)C. The Kier molecular flexibility index (Phi) is 4.77. The third-order valence-corrected chi connectivity index (χ3v) is 2.56. The van der Waals surface area contributed by atoms with Gasteiger partial charge in [-0.2, -0.15) is 0 Å². The second-order valence-electron chi connectivity index (χ2n) is 4.17. The van der Waals surface area contributed by atoms with Crippen LogP contribution in [-0.4, -0.2) is 25.3 Å². The summed E-state index contributed by atoms with van der Waals surface area (Å²) in [5.41, 5.74) is 1.71. The number of aliphatic carboxylic acids is 1. The van der Waals surface area contributed by atoms with E-state index >= 15 is 0 Å². The first-order valence-electron chi connectivity index (χ1n) is 5.66. The van der Waals surface area contributed by atoms with Crippen LogP contribution in [-0.2, 0) is 4.79 Å². The predicted molar refractivity (Wildman–Crippen MR) is 70.3 cm³/mol. The Morgan fingerprint density at radius 2 is 1.72 bits per heavy atom. The molecule has 0 atom stereocenters. The highest BCUT2D eigenvalue weighted by atomic mass is 16.5. The fourth-order valence-electron chi connectivity index (χ4n) is 1.79. The van der Waals surface area contributed by atoms with Gasteiger partial charge in [0.25, 0.3) is 0 Å². The maximum absolute atomic E-state index is 10.5. The molecule has 0 heterocycles. The lowest BCUT2D eigenvalue weighted by Gasteiger charge is -2.17. The molecule has 0 radical (unpaired) electrons. The second kappa shape index (κ2) is 6.10. The summed E-state index contributed by atoms with van der Waals surface area (Å²) in [7, 11) is 3.18. The summed E-state index contributed by atoms with van der Waals surface area (Å²) in [5.74, 6) is 0.678. The molecule has 98 valence electrons. The molecular weight excluding hydrogens is 232 g/mol. The van der Waals surface area contributed by atoms with E-state index in [4.69, 9.17) is 14.6 Å². The van der Waals surface area contributed by atoms with Crippen molar-refractivity contribution in [2.75, 3.05) is 14.2 Å². The van der Waals surface area contributed by atoms with Crippen LogP contribution in [0.15, 0.2) is 18.2 Å². The Morgan fingerprint density at radius 3 is 2.06 bits per heavy atom. The van der Waals surface area contributed by atoms with Crippen LogP contribution in [0.4, 0.5) is 0 Å². The average Bonchev–Trinajstić information content (AvgIpc) is 2.34. The predicted octanol–water partition coefficient (Wildman–Crippen LogP) is 2.93. The van der Waals surface area contributed by atoms with E-state index in [2.05, 4.69) is 0 Å². The largest absolute Gasteiger partial charge is 0.496 e. The van der Waals surface area contributed by atoms with Crippen LogP contribution in [0.2, 0.25) is 0 Å². The zero-order chi connectivity index (χ0) is 13.7. The molecule has 1 N–H and O–H groups in total. The topological polar surface area (TPSA) is 55.8 Å². The van der Waals surface area contributed by atoms with Gasteiger partial charge in [-0.05, 0) is 29.7 Å². The van der Waals surface area contributed by atoms with Crippen LogP contribution in [0.1, 0.15) is 30.9 Å². The number of carbonyl (C=O) groups is 1. The van der Waals surface area contributed by atoms with Crippen molar-refractivity contribution in [2.45, 2.75) is 19.8 Å². The Balaban J connectivity index is 3.30. The highest BCUT2D eigenvalue weighted by molar-refractivity contribution is 5.85. The third-order valence-electron chi connectivity index (χ3n) is 2.56. The zero-order valence-electron chi connectivity index (χ0n) is 11.1. The smallest absolute Gasteiger partial charge is 0.328 e. The molecule has 4 heteroatoms. The van der Waals surface area contributed by atoms with Crippen molar-refractivity contribution in [3.8, 4) is 11.5 Å². The van der Waals surface area contributed by atoms with Crippen molar-refractivity contribution >= 4 is 12.0 Å². The quantitative estimate of drug-likeness (QED) is 0.816. The minimum Gasteiger partial charge on any atom is -0.496 e. The van der Waals surface area contributed by atoms with Gasteiger partial charge in [-0.1, -0.05) is 13.8 Å². The van der Waals surface area contributed by atoms with Crippen LogP contribution >= 0.6 is 0 Å². The maximum atomic E-state index is 10.5. The molecule has 18 heavy (non-hydrogen) atoms. The van der Waals surface area contributed by atoms with Crippen molar-refractivity contribution in [2.24, 2.45) is 0 Å². The maximum Gasteiger partial charge on any atom is 0.328 e. The van der Waals surface area contributed by atoms with Gasteiger partial charge in [0, 0.05) is 11.6 Å². The number of hydrogen-bond acceptors (Lipinski definition) is 3. The van der Waals surface area contributed by atoms with Gasteiger partial charge in [-0.3, -0.25) is 0 Å². The molecule has 0 aliphatic carbocycles. The van der Waals surface area contributed by atoms with E-state index in [-0.39, 0.29) is 5.92 Å². The van der Waals surface area contributed by atoms with Gasteiger partial charge in [0.1, 0.15) is 11.5 Å². The molecule has 4 nitrogen and oxygen atoms in total. The molecule has 0 spiro atoms. The molecule has 0 saturated carbocycles. The lowest BCUT2D eigenvalue weighted by Crippen LogP contribution is -1.99. The van der Waals surface area contributed by atoms with Gasteiger partial charge in [0.15, 0.2) is 0 Å². The van der Waals surface area contributed by atoms with E-state index in [9.17, 15) is 4.79 Å². The molecule has 1 rings (SSSR count). The lowest BCUT2D eigenvalue weighted by molar-refractivity contribution is -0.131. The van der Waals surface area contributed by atoms with E-state index in [0.29, 0.717) is 11.5 Å². The van der Waals surface area contributed by atoms with E-state index in [1.807, 2.05) is 13.8 Å². The first-order valence-corrected chi connectivity index (χ1v) is 5.66. The second-order valence-corrected chi connectivity index (χ2v) is 4.17. The standard InChI is InChI=1S/C14H18O4/c1-9(2)14-11(17-3)7-10(5-6-13(15)16)8-12(14)18-4/h5-9H,1-4H3,(H,15,16). The number of rotatable bonds is 5. The zero-order valence-corrected chi connectivity index (χ0v) is 11.1. The molecule has 0 aromatic heterocycles. The van der Waals surface area contributed by atoms with Crippen molar-refractivity contribution in [1.82, 2.24) is 0 Å². The molecule has 0 fully saturated rings. The van der Waals surface area contributed by atoms with E-state index in [1.54, 1.807) is 26.4 Å². The van der Waals surface area contributed by atoms with Crippen molar-refractivity contribution in [3.63, 3.8) is 0 Å². The summed E-state index contributed by atoms with van der Waals surface area (Å²) in [6, 6.07) is 3.61. The van der Waals surface area contributed by atoms with Gasteiger partial charge in [-0.25, -0.2) is 4.79 Å². The summed E-state index contributed by atoms with van der Waals surface area (Å²) in [5, 5.41) is 8.62. The molecule has 0 saturated heterocycles. The number of hydrogen-bond donors (Lipinski definition) is 1. The van der Waals surface area contributed by atoms with Gasteiger partial charge in [-0.15, -0.1) is 0 Å². The summed E-state index contributed by atoms with van der Waals surface area (Å²) < 4.78 is 10.7. The third kappa shape index (κ3) is 3.26. The Morgan fingerprint density at radius 1 is 1.22 bits per heavy atom. The number of methoxy groups -OCH3 is 2. The first kappa shape index (κ1) is 14.1. The number of carboxylic acids is 1. The lowest BCUT2D eigenvalue weighted by atomic mass is 9.98. The minimum atomic E-state index is -0.985. The molecule has 0 amide bonds. The van der Waals surface area contributed by atoms with Crippen molar-refractivity contribution in [1.29, 1.82) is 0 Å².